The van der Waals surface area contributed by atoms with E-state index in [0.717, 1.165) is 104 Å². The third-order valence-electron chi connectivity index (χ3n) is 12.7. The van der Waals surface area contributed by atoms with E-state index in [1.807, 2.05) is 96.9 Å². The van der Waals surface area contributed by atoms with Gasteiger partial charge in [-0.3, -0.25) is 23.7 Å². The molecular weight excluding hydrogens is 947 g/mol. The van der Waals surface area contributed by atoms with Crippen LogP contribution >= 0.6 is 31.9 Å². The fraction of sp³-hybridized carbons (Fsp3) is 0.511. The molecule has 18 heteroatoms. The predicted octanol–water partition coefficient (Wildman–Crippen LogP) is 6.32. The van der Waals surface area contributed by atoms with Gasteiger partial charge >= 0.3 is 53.1 Å². The van der Waals surface area contributed by atoms with Crippen molar-refractivity contribution < 1.29 is 54.1 Å². The first-order valence-corrected chi connectivity index (χ1v) is 22.8. The average Bonchev–Trinajstić information content (AvgIpc) is 3.84. The van der Waals surface area contributed by atoms with Crippen molar-refractivity contribution in [3.8, 4) is 0 Å². The molecule has 2 N–H and O–H groups in total. The summed E-state index contributed by atoms with van der Waals surface area (Å²) in [5.41, 5.74) is 3.94. The molecule has 0 aliphatic carbocycles. The number of amides is 2. The summed E-state index contributed by atoms with van der Waals surface area (Å²) in [7, 11) is 1.80. The Bertz CT molecular complexity index is 2830. The Morgan fingerprint density at radius 2 is 1.10 bits per heavy atom. The Morgan fingerprint density at radius 1 is 0.667 bits per heavy atom. The number of halogens is 2. The molecule has 0 saturated carbocycles. The van der Waals surface area contributed by atoms with E-state index in [9.17, 15) is 19.2 Å². The number of benzene rings is 2. The van der Waals surface area contributed by atoms with E-state index in [0.29, 0.717) is 0 Å². The molecule has 4 saturated heterocycles. The van der Waals surface area contributed by atoms with Gasteiger partial charge in [0.05, 0.1) is 45.5 Å². The van der Waals surface area contributed by atoms with Crippen molar-refractivity contribution in [1.82, 2.24) is 38.5 Å². The van der Waals surface area contributed by atoms with Crippen LogP contribution in [0.1, 0.15) is 105 Å². The zero-order valence-corrected chi connectivity index (χ0v) is 42.2. The molecule has 330 valence electrons. The minimum atomic E-state index is -0.515. The molecule has 10 rings (SSSR count). The number of carbonyl (C=O) groups is 2. The molecule has 4 aliphatic rings. The molecule has 63 heavy (non-hydrogen) atoms. The van der Waals surface area contributed by atoms with Crippen molar-refractivity contribution in [2.45, 2.75) is 140 Å². The fourth-order valence-corrected chi connectivity index (χ4v) is 11.1. The van der Waals surface area contributed by atoms with Gasteiger partial charge in [-0.2, -0.15) is 0 Å². The number of piperidine rings is 2. The number of nitrogens with zero attached hydrogens (tertiary/aromatic N) is 7. The smallest absolute Gasteiger partial charge is 0.870 e. The second-order valence-electron chi connectivity index (χ2n) is 19.1. The van der Waals surface area contributed by atoms with Crippen molar-refractivity contribution >= 4 is 87.9 Å². The number of rotatable bonds is 2. The minimum absolute atomic E-state index is 0. The second kappa shape index (κ2) is 17.6. The monoisotopic (exact) mass is 998 g/mol. The Hall–Kier alpha value is -3.74. The van der Waals surface area contributed by atoms with E-state index >= 15 is 0 Å². The summed E-state index contributed by atoms with van der Waals surface area (Å²) < 4.78 is 18.7. The second-order valence-corrected chi connectivity index (χ2v) is 21.0. The van der Waals surface area contributed by atoms with Gasteiger partial charge in [0.15, 0.2) is 0 Å². The first-order valence-electron chi connectivity index (χ1n) is 21.2. The Labute approximate surface area is 403 Å². The maximum atomic E-state index is 13.3. The Balaban J connectivity index is 0.000000183. The number of carbonyl (C=O) groups excluding carboxylic acids is 2. The molecule has 8 heterocycles. The molecule has 2 aromatic carbocycles. The molecule has 4 unspecified atom stereocenters. The molecule has 4 fully saturated rings. The number of hydrogen-bond acceptors (Lipinski definition) is 9. The van der Waals surface area contributed by atoms with Gasteiger partial charge in [0.25, 0.3) is 0 Å². The van der Waals surface area contributed by atoms with Crippen LogP contribution in [0.2, 0.25) is 0 Å². The maximum absolute atomic E-state index is 13.3. The van der Waals surface area contributed by atoms with E-state index in [2.05, 4.69) is 46.8 Å². The first-order chi connectivity index (χ1) is 28.8. The van der Waals surface area contributed by atoms with Gasteiger partial charge in [0.2, 0.25) is 0 Å². The number of hydrogen-bond donors (Lipinski definition) is 1. The molecule has 0 spiro atoms. The quantitative estimate of drug-likeness (QED) is 0.194. The fourth-order valence-electron chi connectivity index (χ4n) is 10.4. The summed E-state index contributed by atoms with van der Waals surface area (Å²) in [5, 5.41) is 1.91. The first kappa shape index (κ1) is 47.2. The molecule has 0 radical (unpaired) electrons. The van der Waals surface area contributed by atoms with Crippen LogP contribution < -0.4 is 40.9 Å². The molecule has 4 atom stereocenters. The van der Waals surface area contributed by atoms with Gasteiger partial charge in [0, 0.05) is 63.0 Å². The Morgan fingerprint density at radius 3 is 1.56 bits per heavy atom. The van der Waals surface area contributed by atoms with Crippen molar-refractivity contribution in [3.63, 3.8) is 0 Å². The predicted molar refractivity (Wildman–Crippen MR) is 244 cm³/mol. The summed E-state index contributed by atoms with van der Waals surface area (Å²) in [6, 6.07) is 12.3. The van der Waals surface area contributed by atoms with Crippen molar-refractivity contribution in [3.05, 3.63) is 78.7 Å². The number of ether oxygens (including phenoxy) is 2. The van der Waals surface area contributed by atoms with Crippen molar-refractivity contribution in [2.75, 3.05) is 0 Å². The van der Waals surface area contributed by atoms with Gasteiger partial charge in [-0.15, -0.1) is 0 Å². The van der Waals surface area contributed by atoms with Crippen molar-refractivity contribution in [1.29, 1.82) is 0 Å². The maximum Gasteiger partial charge on any atom is 1.00 e. The SMILES string of the molecule is CC(C)(C)OC(=O)N1C2CCC1CC(n1c(=O)[nH]c3cnc4ccc(Br)cc4c31)C2.Cn1c(=O)n(C2CC3CCC(C2)N3C(=O)OC(C)(C)C)c2c3cc(Br)ccc3ncc21.[Na+].[OH-]. The number of fused-ring (bicyclic) bond motifs is 10. The molecule has 4 bridgehead atoms. The zero-order chi connectivity index (χ0) is 43.3. The minimum Gasteiger partial charge on any atom is -0.870 e. The van der Waals surface area contributed by atoms with E-state index in [1.165, 1.54) is 0 Å². The van der Waals surface area contributed by atoms with Crippen LogP contribution in [0.4, 0.5) is 9.59 Å². The van der Waals surface area contributed by atoms with Crippen LogP contribution in [0.25, 0.3) is 43.9 Å². The summed E-state index contributed by atoms with van der Waals surface area (Å²) in [6.07, 6.45) is 9.86. The van der Waals surface area contributed by atoms with E-state index in [-0.39, 0.29) is 94.9 Å². The largest absolute Gasteiger partial charge is 1.00 e. The molecule has 4 aromatic heterocycles. The van der Waals surface area contributed by atoms with Crippen LogP contribution in [0.3, 0.4) is 0 Å². The molecule has 4 aliphatic heterocycles. The van der Waals surface area contributed by atoms with E-state index in [4.69, 9.17) is 9.47 Å². The van der Waals surface area contributed by atoms with E-state index < -0.39 is 11.2 Å². The number of aromatic amines is 1. The van der Waals surface area contributed by atoms with Crippen LogP contribution in [0.15, 0.2) is 67.3 Å². The Kier molecular flexibility index (Phi) is 13.2. The molecule has 2 amide bonds. The van der Waals surface area contributed by atoms with Gasteiger partial charge in [-0.25, -0.2) is 19.2 Å². The molecular formula is C45H53Br2N8NaO7. The number of nitrogens with one attached hydrogen (secondary N) is 1. The zero-order valence-electron chi connectivity index (χ0n) is 37.0. The summed E-state index contributed by atoms with van der Waals surface area (Å²) in [5.74, 6) is 0. The third kappa shape index (κ3) is 8.86. The number of aryl methyl sites for hydroxylation is 1. The van der Waals surface area contributed by atoms with Crippen LogP contribution in [0, 0.1) is 0 Å². The topological polar surface area (TPSA) is 180 Å². The van der Waals surface area contributed by atoms with Crippen LogP contribution in [0.5, 0.6) is 0 Å². The normalized spacial score (nSPS) is 23.1. The number of H-pyrrole nitrogens is 1. The molecule has 6 aromatic rings. The standard InChI is InChI=1S/C23H27BrN4O3.C22H25BrN4O3.Na.H2O/c1-23(2,3)31-22(30)27-14-6-7-15(27)11-16(10-14)28-20-17-9-13(24)5-8-18(17)25-12-19(20)26(4)21(28)29;1-22(2,3)30-21(29)26-13-5-6-14(26)10-15(9-13)27-19-16-8-12(23)4-7-17(16)24-11-18(19)25-20(27)28;;/h5,8-9,12,14-16H,6-7,10-11H2,1-4H3;4,7-8,11,13-15H,5-6,9-10H2,1-3H3,(H,25,28);;1H2/q;;+1;/p-1. The van der Waals surface area contributed by atoms with Crippen LogP contribution in [-0.2, 0) is 16.5 Å². The van der Waals surface area contributed by atoms with Crippen LogP contribution in [-0.4, -0.2) is 91.5 Å². The number of pyridine rings is 2. The van der Waals surface area contributed by atoms with E-state index in [1.54, 1.807) is 24.0 Å². The third-order valence-corrected chi connectivity index (χ3v) is 13.7. The summed E-state index contributed by atoms with van der Waals surface area (Å²) in [4.78, 5) is 67.8. The average molecular weight is 1000 g/mol. The van der Waals surface area contributed by atoms with Crippen molar-refractivity contribution in [2.24, 2.45) is 7.05 Å². The van der Waals surface area contributed by atoms with Gasteiger partial charge in [-0.05, 0) is 129 Å². The van der Waals surface area contributed by atoms with Gasteiger partial charge in [-0.1, -0.05) is 31.9 Å². The summed E-state index contributed by atoms with van der Waals surface area (Å²) >= 11 is 7.10. The summed E-state index contributed by atoms with van der Waals surface area (Å²) in [6.45, 7) is 11.4. The van der Waals surface area contributed by atoms with Gasteiger partial charge < -0.3 is 29.7 Å². The van der Waals surface area contributed by atoms with Gasteiger partial charge in [0.1, 0.15) is 11.2 Å². The molecule has 15 nitrogen and oxygen atoms in total. The number of imidazole rings is 2. The number of aromatic nitrogens is 6.